The Kier molecular flexibility index (Phi) is 7.52. The van der Waals surface area contributed by atoms with Crippen molar-refractivity contribution in [2.45, 2.75) is 0 Å². The van der Waals surface area contributed by atoms with Crippen LogP contribution in [0.3, 0.4) is 0 Å². The van der Waals surface area contributed by atoms with Gasteiger partial charge in [-0.05, 0) is 18.2 Å². The molecule has 0 bridgehead atoms. The van der Waals surface area contributed by atoms with Gasteiger partial charge in [0.05, 0.1) is 11.4 Å². The van der Waals surface area contributed by atoms with Crippen LogP contribution >= 0.6 is 0 Å². The molecule has 15 heavy (non-hydrogen) atoms. The van der Waals surface area contributed by atoms with Crippen LogP contribution < -0.4 is 24.8 Å². The van der Waals surface area contributed by atoms with E-state index in [-0.39, 0.29) is 47.4 Å². The molecule has 0 unspecified atom stereocenters. The molecular formula is C9H7Cl2CoN3. The van der Waals surface area contributed by atoms with Gasteiger partial charge in [-0.15, -0.1) is 0 Å². The van der Waals surface area contributed by atoms with Gasteiger partial charge in [-0.2, -0.15) is 0 Å². The van der Waals surface area contributed by atoms with Gasteiger partial charge in [0.1, 0.15) is 5.84 Å². The Labute approximate surface area is 110 Å². The largest absolute Gasteiger partial charge is 2.00 e. The summed E-state index contributed by atoms with van der Waals surface area (Å²) in [4.78, 5) is 3.95. The maximum Gasteiger partial charge on any atom is 2.00 e. The van der Waals surface area contributed by atoms with E-state index in [1.807, 2.05) is 18.2 Å². The molecule has 0 saturated heterocycles. The quantitative estimate of drug-likeness (QED) is 0.422. The van der Waals surface area contributed by atoms with Gasteiger partial charge in [-0.25, -0.2) is 4.99 Å². The average molecular weight is 287 g/mol. The number of allylic oxidation sites excluding steroid dienone is 5. The van der Waals surface area contributed by atoms with E-state index in [0.29, 0.717) is 11.4 Å². The fraction of sp³-hybridized carbons (Fsp3) is 0. The summed E-state index contributed by atoms with van der Waals surface area (Å²) in [7, 11) is 0. The predicted molar refractivity (Wildman–Crippen MR) is 49.3 cm³/mol. The number of hydrogen-bond acceptors (Lipinski definition) is 2. The molecule has 2 aliphatic rings. The summed E-state index contributed by atoms with van der Waals surface area (Å²) in [6.45, 7) is 0. The summed E-state index contributed by atoms with van der Waals surface area (Å²) >= 11 is 0. The van der Waals surface area contributed by atoms with Crippen molar-refractivity contribution in [1.29, 1.82) is 10.8 Å². The van der Waals surface area contributed by atoms with E-state index in [1.165, 1.54) is 0 Å². The standard InChI is InChI=1S/C9H7N3.2ClH.Co/c10-7-3-1-2-6-4-5-8(11)12-9(6)7;;;/h1-5,10-11H;2*1H;/q;;;+2/p-2. The summed E-state index contributed by atoms with van der Waals surface area (Å²) in [5, 5.41) is 14.8. The smallest absolute Gasteiger partial charge is 1.00 e. The van der Waals surface area contributed by atoms with E-state index in [0.717, 1.165) is 5.57 Å². The SMILES string of the molecule is N=C1C=CC2=CC=CC(=N)C2=N1.[Cl-].[Cl-].[Co+2]. The minimum Gasteiger partial charge on any atom is -1.00 e. The van der Waals surface area contributed by atoms with Crippen LogP contribution in [0.15, 0.2) is 40.9 Å². The monoisotopic (exact) mass is 286 g/mol. The molecule has 0 fully saturated rings. The fourth-order valence-corrected chi connectivity index (χ4v) is 1.15. The molecule has 1 heterocycles. The second kappa shape index (κ2) is 6.74. The first-order valence-corrected chi connectivity index (χ1v) is 3.60. The molecule has 0 amide bonds. The van der Waals surface area contributed by atoms with Crippen molar-refractivity contribution >= 4 is 17.3 Å². The minimum atomic E-state index is 0. The van der Waals surface area contributed by atoms with Gasteiger partial charge >= 0.3 is 16.8 Å². The molecule has 0 atom stereocenters. The van der Waals surface area contributed by atoms with Crippen LogP contribution in [0, 0.1) is 10.8 Å². The first kappa shape index (κ1) is 16.7. The number of rotatable bonds is 0. The molecule has 81 valence electrons. The van der Waals surface area contributed by atoms with Gasteiger partial charge < -0.3 is 24.8 Å². The van der Waals surface area contributed by atoms with Crippen molar-refractivity contribution in [2.24, 2.45) is 4.99 Å². The summed E-state index contributed by atoms with van der Waals surface area (Å²) in [5.74, 6) is 0.210. The van der Waals surface area contributed by atoms with Gasteiger partial charge in [0.25, 0.3) is 0 Å². The first-order chi connectivity index (χ1) is 5.77. The Morgan fingerprint density at radius 3 is 2.33 bits per heavy atom. The molecule has 1 aliphatic heterocycles. The van der Waals surface area contributed by atoms with Crippen LogP contribution in [0.4, 0.5) is 0 Å². The summed E-state index contributed by atoms with van der Waals surface area (Å²) in [6, 6.07) is 0. The third-order valence-electron chi connectivity index (χ3n) is 1.72. The maximum absolute atomic E-state index is 7.51. The molecule has 3 nitrogen and oxygen atoms in total. The topological polar surface area (TPSA) is 60.1 Å². The average Bonchev–Trinajstić information content (AvgIpc) is 2.07. The molecule has 1 radical (unpaired) electrons. The molecular weight excluding hydrogens is 280 g/mol. The normalized spacial score (nSPS) is 16.3. The van der Waals surface area contributed by atoms with Gasteiger partial charge in [-0.3, -0.25) is 10.8 Å². The second-order valence-electron chi connectivity index (χ2n) is 2.57. The Balaban J connectivity index is 0. The molecule has 2 N–H and O–H groups in total. The van der Waals surface area contributed by atoms with Gasteiger partial charge in [0.15, 0.2) is 0 Å². The first-order valence-electron chi connectivity index (χ1n) is 3.60. The summed E-state index contributed by atoms with van der Waals surface area (Å²) in [6.07, 6.45) is 8.81. The van der Waals surface area contributed by atoms with Gasteiger partial charge in [-0.1, -0.05) is 12.2 Å². The van der Waals surface area contributed by atoms with E-state index >= 15 is 0 Å². The van der Waals surface area contributed by atoms with Crippen molar-refractivity contribution in [1.82, 2.24) is 0 Å². The molecule has 0 aromatic heterocycles. The van der Waals surface area contributed by atoms with E-state index in [4.69, 9.17) is 10.8 Å². The van der Waals surface area contributed by atoms with E-state index in [2.05, 4.69) is 4.99 Å². The third-order valence-corrected chi connectivity index (χ3v) is 1.72. The number of amidine groups is 1. The molecule has 0 saturated carbocycles. The number of aliphatic imine (C=N–C) groups is 1. The zero-order valence-electron chi connectivity index (χ0n) is 7.42. The number of nitrogens with one attached hydrogen (secondary N) is 2. The van der Waals surface area contributed by atoms with Gasteiger partial charge in [0.2, 0.25) is 0 Å². The molecule has 0 aromatic carbocycles. The Hall–Kier alpha value is -0.684. The zero-order valence-corrected chi connectivity index (χ0v) is 9.98. The molecule has 6 heteroatoms. The van der Waals surface area contributed by atoms with Crippen LogP contribution in [-0.4, -0.2) is 17.3 Å². The van der Waals surface area contributed by atoms with Crippen molar-refractivity contribution in [2.75, 3.05) is 0 Å². The zero-order chi connectivity index (χ0) is 8.55. The minimum absolute atomic E-state index is 0. The van der Waals surface area contributed by atoms with Crippen LogP contribution in [0.1, 0.15) is 0 Å². The van der Waals surface area contributed by atoms with Crippen LogP contribution in [-0.2, 0) is 16.8 Å². The van der Waals surface area contributed by atoms with E-state index in [1.54, 1.807) is 12.2 Å². The predicted octanol–water partition coefficient (Wildman–Crippen LogP) is -4.50. The maximum atomic E-state index is 7.51. The van der Waals surface area contributed by atoms with Crippen LogP contribution in [0.25, 0.3) is 0 Å². The van der Waals surface area contributed by atoms with Crippen LogP contribution in [0.5, 0.6) is 0 Å². The molecule has 0 spiro atoms. The third kappa shape index (κ3) is 3.42. The molecule has 0 aromatic rings. The Morgan fingerprint density at radius 1 is 1.00 bits per heavy atom. The van der Waals surface area contributed by atoms with Crippen molar-refractivity contribution < 1.29 is 41.6 Å². The molecule has 2 rings (SSSR count). The fourth-order valence-electron chi connectivity index (χ4n) is 1.15. The Bertz CT molecular complexity index is 394. The van der Waals surface area contributed by atoms with Crippen molar-refractivity contribution in [3.05, 3.63) is 36.0 Å². The number of fused-ring (bicyclic) bond motifs is 1. The number of nitrogens with zero attached hydrogens (tertiary/aromatic N) is 1. The van der Waals surface area contributed by atoms with Crippen molar-refractivity contribution in [3.8, 4) is 0 Å². The molecule has 1 aliphatic carbocycles. The Morgan fingerprint density at radius 2 is 1.67 bits per heavy atom. The van der Waals surface area contributed by atoms with E-state index < -0.39 is 0 Å². The summed E-state index contributed by atoms with van der Waals surface area (Å²) in [5.41, 5.74) is 1.89. The van der Waals surface area contributed by atoms with E-state index in [9.17, 15) is 0 Å². The second-order valence-corrected chi connectivity index (χ2v) is 2.57. The number of dihydropyridines is 1. The number of halogens is 2. The van der Waals surface area contributed by atoms with Crippen LogP contribution in [0.2, 0.25) is 0 Å². The number of hydrogen-bond donors (Lipinski definition) is 2. The van der Waals surface area contributed by atoms with Gasteiger partial charge in [0, 0.05) is 5.57 Å². The van der Waals surface area contributed by atoms with Crippen molar-refractivity contribution in [3.63, 3.8) is 0 Å². The summed E-state index contributed by atoms with van der Waals surface area (Å²) < 4.78 is 0.